The molecule has 1 atom stereocenters. The number of nitrogens with one attached hydrogen (secondary N) is 1. The van der Waals surface area contributed by atoms with Crippen LogP contribution >= 0.6 is 0 Å². The van der Waals surface area contributed by atoms with Crippen LogP contribution in [0.15, 0.2) is 0 Å². The van der Waals surface area contributed by atoms with Crippen LogP contribution in [0.2, 0.25) is 0 Å². The predicted octanol–water partition coefficient (Wildman–Crippen LogP) is 1.57. The fourth-order valence-corrected chi connectivity index (χ4v) is 4.21. The minimum atomic E-state index is -0.933. The summed E-state index contributed by atoms with van der Waals surface area (Å²) in [5.41, 5.74) is 2.19. The van der Waals surface area contributed by atoms with Gasteiger partial charge in [-0.3, -0.25) is 4.68 Å². The maximum absolute atomic E-state index is 11.5. The van der Waals surface area contributed by atoms with Gasteiger partial charge in [0.05, 0.1) is 6.54 Å². The van der Waals surface area contributed by atoms with Crippen LogP contribution in [0.25, 0.3) is 0 Å². The van der Waals surface area contributed by atoms with Crippen LogP contribution in [0, 0.1) is 0 Å². The first-order valence-electron chi connectivity index (χ1n) is 9.63. The summed E-state index contributed by atoms with van der Waals surface area (Å²) in [6.45, 7) is 4.39. The van der Waals surface area contributed by atoms with E-state index < -0.39 is 5.97 Å². The Kier molecular flexibility index (Phi) is 4.76. The predicted molar refractivity (Wildman–Crippen MR) is 95.1 cm³/mol. The highest BCUT2D eigenvalue weighted by molar-refractivity contribution is 5.87. The Labute approximate surface area is 152 Å². The number of carboxylic acids is 1. The van der Waals surface area contributed by atoms with E-state index in [1.54, 1.807) is 0 Å². The number of carboxylic acid groups (broad SMARTS) is 1. The van der Waals surface area contributed by atoms with E-state index in [1.165, 1.54) is 19.3 Å². The normalized spacial score (nSPS) is 19.7. The van der Waals surface area contributed by atoms with E-state index in [-0.39, 0.29) is 11.7 Å². The Morgan fingerprint density at radius 1 is 1.27 bits per heavy atom. The van der Waals surface area contributed by atoms with Crippen LogP contribution < -0.4 is 5.32 Å². The second kappa shape index (κ2) is 7.19. The quantitative estimate of drug-likeness (QED) is 0.842. The van der Waals surface area contributed by atoms with E-state index in [0.29, 0.717) is 19.5 Å². The Morgan fingerprint density at radius 3 is 2.96 bits per heavy atom. The number of aryl methyl sites for hydroxylation is 2. The number of fused-ring (bicyclic) bond motifs is 2. The first-order valence-corrected chi connectivity index (χ1v) is 9.63. The van der Waals surface area contributed by atoms with E-state index >= 15 is 0 Å². The monoisotopic (exact) mass is 358 g/mol. The summed E-state index contributed by atoms with van der Waals surface area (Å²) in [6.07, 6.45) is 7.19. The molecule has 0 fully saturated rings. The zero-order valence-corrected chi connectivity index (χ0v) is 15.2. The fraction of sp³-hybridized carbons (Fsp3) is 0.667. The maximum atomic E-state index is 11.5. The molecule has 3 heterocycles. The van der Waals surface area contributed by atoms with E-state index in [4.69, 9.17) is 0 Å². The summed E-state index contributed by atoms with van der Waals surface area (Å²) in [4.78, 5) is 11.5. The highest BCUT2D eigenvalue weighted by Gasteiger charge is 2.28. The van der Waals surface area contributed by atoms with E-state index in [0.717, 1.165) is 48.7 Å². The van der Waals surface area contributed by atoms with Gasteiger partial charge in [0, 0.05) is 36.8 Å². The van der Waals surface area contributed by atoms with Crippen molar-refractivity contribution in [3.63, 3.8) is 0 Å². The van der Waals surface area contributed by atoms with Crippen LogP contribution in [0.4, 0.5) is 0 Å². The molecule has 140 valence electrons. The second-order valence-corrected chi connectivity index (χ2v) is 7.21. The van der Waals surface area contributed by atoms with Crippen LogP contribution in [-0.2, 0) is 38.9 Å². The lowest BCUT2D eigenvalue weighted by Gasteiger charge is -2.24. The summed E-state index contributed by atoms with van der Waals surface area (Å²) in [6, 6.07) is 0.244. The summed E-state index contributed by atoms with van der Waals surface area (Å²) in [7, 11) is 0. The number of nitrogens with zero attached hydrogens (tertiary/aromatic N) is 5. The number of carbonyl (C=O) groups is 1. The topological polar surface area (TPSA) is 97.9 Å². The minimum absolute atomic E-state index is 0.213. The van der Waals surface area contributed by atoms with Crippen molar-refractivity contribution in [2.45, 2.75) is 77.5 Å². The van der Waals surface area contributed by atoms with Crippen LogP contribution in [0.1, 0.15) is 66.0 Å². The molecule has 8 heteroatoms. The van der Waals surface area contributed by atoms with E-state index in [9.17, 15) is 9.90 Å². The Bertz CT molecular complexity index is 809. The fourth-order valence-electron chi connectivity index (χ4n) is 4.21. The number of hydrogen-bond donors (Lipinski definition) is 2. The van der Waals surface area contributed by atoms with Crippen LogP contribution in [0.3, 0.4) is 0 Å². The Morgan fingerprint density at radius 2 is 2.15 bits per heavy atom. The van der Waals surface area contributed by atoms with Gasteiger partial charge >= 0.3 is 5.97 Å². The second-order valence-electron chi connectivity index (χ2n) is 7.21. The van der Waals surface area contributed by atoms with Gasteiger partial charge in [-0.25, -0.2) is 4.79 Å². The smallest absolute Gasteiger partial charge is 0.356 e. The van der Waals surface area contributed by atoms with Crippen molar-refractivity contribution in [2.75, 3.05) is 0 Å². The van der Waals surface area contributed by atoms with E-state index in [1.807, 2.05) is 11.6 Å². The standard InChI is InChI=1S/C18H26N6O2/c1-2-24-14-8-7-12(10-13(14)17(22-24)18(25)26)19-11-16-21-20-15-6-4-3-5-9-23(15)16/h12,19H,2-11H2,1H3,(H,25,26). The minimum Gasteiger partial charge on any atom is -0.476 e. The maximum Gasteiger partial charge on any atom is 0.356 e. The molecule has 1 aliphatic carbocycles. The average molecular weight is 358 g/mol. The van der Waals surface area contributed by atoms with Gasteiger partial charge in [-0.2, -0.15) is 5.10 Å². The third-order valence-corrected chi connectivity index (χ3v) is 5.58. The largest absolute Gasteiger partial charge is 0.476 e. The summed E-state index contributed by atoms with van der Waals surface area (Å²) in [5, 5.41) is 26.0. The molecular weight excluding hydrogens is 332 g/mol. The average Bonchev–Trinajstić information content (AvgIpc) is 3.12. The summed E-state index contributed by atoms with van der Waals surface area (Å²) >= 11 is 0. The molecule has 0 saturated heterocycles. The molecule has 4 rings (SSSR count). The zero-order chi connectivity index (χ0) is 18.1. The Hall–Kier alpha value is -2.22. The van der Waals surface area contributed by atoms with Gasteiger partial charge in [-0.05, 0) is 39.0 Å². The van der Waals surface area contributed by atoms with Gasteiger partial charge in [0.1, 0.15) is 11.6 Å². The van der Waals surface area contributed by atoms with Crippen molar-refractivity contribution in [2.24, 2.45) is 0 Å². The molecule has 0 bridgehead atoms. The van der Waals surface area contributed by atoms with Crippen LogP contribution in [0.5, 0.6) is 0 Å². The van der Waals surface area contributed by atoms with Gasteiger partial charge in [0.15, 0.2) is 5.69 Å². The molecule has 0 radical (unpaired) electrons. The third kappa shape index (κ3) is 3.13. The van der Waals surface area contributed by atoms with Gasteiger partial charge in [0.25, 0.3) is 0 Å². The summed E-state index contributed by atoms with van der Waals surface area (Å²) < 4.78 is 4.10. The first-order chi connectivity index (χ1) is 12.7. The van der Waals surface area contributed by atoms with E-state index in [2.05, 4.69) is 25.2 Å². The van der Waals surface area contributed by atoms with Gasteiger partial charge in [0.2, 0.25) is 0 Å². The molecule has 0 spiro atoms. The van der Waals surface area contributed by atoms with Gasteiger partial charge in [-0.1, -0.05) is 6.42 Å². The molecule has 0 amide bonds. The highest BCUT2D eigenvalue weighted by Crippen LogP contribution is 2.25. The lowest BCUT2D eigenvalue weighted by atomic mass is 9.91. The molecule has 0 saturated carbocycles. The Balaban J connectivity index is 1.46. The molecule has 2 N–H and O–H groups in total. The summed E-state index contributed by atoms with van der Waals surface area (Å²) in [5.74, 6) is 1.16. The van der Waals surface area contributed by atoms with Gasteiger partial charge < -0.3 is 15.0 Å². The third-order valence-electron chi connectivity index (χ3n) is 5.58. The molecular formula is C18H26N6O2. The number of aromatic carboxylic acids is 1. The molecule has 1 unspecified atom stereocenters. The van der Waals surface area contributed by atoms with Crippen molar-refractivity contribution in [3.8, 4) is 0 Å². The number of aromatic nitrogens is 5. The number of hydrogen-bond acceptors (Lipinski definition) is 5. The molecule has 2 aliphatic rings. The van der Waals surface area contributed by atoms with Crippen molar-refractivity contribution in [1.29, 1.82) is 0 Å². The lowest BCUT2D eigenvalue weighted by Crippen LogP contribution is -2.35. The van der Waals surface area contributed by atoms with Crippen LogP contribution in [-0.4, -0.2) is 41.7 Å². The molecule has 2 aromatic rings. The van der Waals surface area contributed by atoms with Crippen molar-refractivity contribution < 1.29 is 9.90 Å². The number of rotatable bonds is 5. The lowest BCUT2D eigenvalue weighted by molar-refractivity contribution is 0.0688. The van der Waals surface area contributed by atoms with Gasteiger partial charge in [-0.15, -0.1) is 10.2 Å². The molecule has 8 nitrogen and oxygen atoms in total. The highest BCUT2D eigenvalue weighted by atomic mass is 16.4. The van der Waals surface area contributed by atoms with Crippen molar-refractivity contribution in [3.05, 3.63) is 28.6 Å². The molecule has 26 heavy (non-hydrogen) atoms. The molecule has 1 aliphatic heterocycles. The molecule has 0 aromatic carbocycles. The van der Waals surface area contributed by atoms with Crippen molar-refractivity contribution >= 4 is 5.97 Å². The SMILES string of the molecule is CCn1nc(C(=O)O)c2c1CCC(NCc1nnc3n1CCCCC3)C2. The first kappa shape index (κ1) is 17.2. The van der Waals surface area contributed by atoms with Crippen molar-refractivity contribution in [1.82, 2.24) is 29.9 Å². The molecule has 2 aromatic heterocycles. The zero-order valence-electron chi connectivity index (χ0n) is 15.2.